The largest absolute Gasteiger partial charge is 0.473 e. The Labute approximate surface area is 176 Å². The molecule has 0 saturated heterocycles. The summed E-state index contributed by atoms with van der Waals surface area (Å²) in [5.74, 6) is 0.0456. The van der Waals surface area contributed by atoms with Crippen molar-refractivity contribution in [3.8, 4) is 5.88 Å². The zero-order chi connectivity index (χ0) is 21.4. The van der Waals surface area contributed by atoms with E-state index in [0.29, 0.717) is 30.2 Å². The minimum absolute atomic E-state index is 0.0844. The maximum atomic E-state index is 12.5. The fraction of sp³-hybridized carbons (Fsp3) is 0.182. The number of sulfonamides is 1. The summed E-state index contributed by atoms with van der Waals surface area (Å²) >= 11 is 0. The summed E-state index contributed by atoms with van der Waals surface area (Å²) < 4.78 is 31.1. The maximum Gasteiger partial charge on any atom is 0.251 e. The Hall–Kier alpha value is -3.23. The van der Waals surface area contributed by atoms with E-state index in [-0.39, 0.29) is 11.7 Å². The fourth-order valence-electron chi connectivity index (χ4n) is 2.69. The summed E-state index contributed by atoms with van der Waals surface area (Å²) in [4.78, 5) is 16.6. The molecule has 0 aliphatic heterocycles. The normalized spacial score (nSPS) is 11.1. The van der Waals surface area contributed by atoms with Gasteiger partial charge in [0.05, 0.1) is 5.75 Å². The number of carbonyl (C=O) groups is 1. The van der Waals surface area contributed by atoms with Crippen LogP contribution in [0.5, 0.6) is 5.88 Å². The molecule has 3 aromatic rings. The molecule has 0 radical (unpaired) electrons. The van der Waals surface area contributed by atoms with Crippen LogP contribution in [0.15, 0.2) is 72.9 Å². The van der Waals surface area contributed by atoms with Crippen molar-refractivity contribution in [3.63, 3.8) is 0 Å². The number of hydrogen-bond donors (Lipinski definition) is 2. The average molecular weight is 426 g/mol. The van der Waals surface area contributed by atoms with Crippen LogP contribution in [0, 0.1) is 0 Å². The van der Waals surface area contributed by atoms with Crippen molar-refractivity contribution in [2.75, 3.05) is 7.05 Å². The number of aromatic nitrogens is 1. The molecule has 3 rings (SSSR count). The molecule has 0 atom stereocenters. The smallest absolute Gasteiger partial charge is 0.251 e. The highest BCUT2D eigenvalue weighted by Gasteiger charge is 2.10. The van der Waals surface area contributed by atoms with E-state index in [2.05, 4.69) is 15.0 Å². The lowest BCUT2D eigenvalue weighted by Crippen LogP contribution is -2.23. The third-order valence-corrected chi connectivity index (χ3v) is 5.71. The second-order valence-electron chi connectivity index (χ2n) is 6.62. The van der Waals surface area contributed by atoms with Gasteiger partial charge in [0.25, 0.3) is 5.91 Å². The molecule has 0 unspecified atom stereocenters. The quantitative estimate of drug-likeness (QED) is 0.549. The van der Waals surface area contributed by atoms with Gasteiger partial charge in [-0.15, -0.1) is 0 Å². The van der Waals surface area contributed by atoms with Gasteiger partial charge in [-0.25, -0.2) is 18.1 Å². The van der Waals surface area contributed by atoms with Crippen LogP contribution < -0.4 is 14.8 Å². The van der Waals surface area contributed by atoms with E-state index in [1.54, 1.807) is 36.4 Å². The second kappa shape index (κ2) is 10.00. The van der Waals surface area contributed by atoms with Crippen LogP contribution in [0.3, 0.4) is 0 Å². The number of amides is 1. The number of hydrogen-bond acceptors (Lipinski definition) is 5. The summed E-state index contributed by atoms with van der Waals surface area (Å²) in [5, 5.41) is 2.84. The van der Waals surface area contributed by atoms with Crippen molar-refractivity contribution in [2.24, 2.45) is 0 Å². The number of rotatable bonds is 9. The lowest BCUT2D eigenvalue weighted by Gasteiger charge is -2.09. The molecule has 2 N–H and O–H groups in total. The Bertz CT molecular complexity index is 1080. The summed E-state index contributed by atoms with van der Waals surface area (Å²) in [5.41, 5.74) is 3.00. The monoisotopic (exact) mass is 425 g/mol. The van der Waals surface area contributed by atoms with Crippen molar-refractivity contribution in [2.45, 2.75) is 18.9 Å². The molecule has 7 nitrogen and oxygen atoms in total. The molecule has 1 heterocycles. The van der Waals surface area contributed by atoms with Gasteiger partial charge in [0.15, 0.2) is 0 Å². The van der Waals surface area contributed by atoms with E-state index in [4.69, 9.17) is 4.74 Å². The standard InChI is InChI=1S/C22H23N3O4S/c1-23-30(27,28)16-19-9-7-17(8-10-19)14-25-22(26)20-11-12-24-21(13-20)29-15-18-5-3-2-4-6-18/h2-13,23H,14-16H2,1H3,(H,25,26). The van der Waals surface area contributed by atoms with Crippen LogP contribution in [-0.2, 0) is 28.9 Å². The predicted molar refractivity (Wildman–Crippen MR) is 114 cm³/mol. The lowest BCUT2D eigenvalue weighted by atomic mass is 10.1. The zero-order valence-corrected chi connectivity index (χ0v) is 17.4. The van der Waals surface area contributed by atoms with Gasteiger partial charge in [-0.2, -0.15) is 0 Å². The number of carbonyl (C=O) groups excluding carboxylic acids is 1. The molecule has 156 valence electrons. The molecule has 0 spiro atoms. The molecular weight excluding hydrogens is 402 g/mol. The third-order valence-electron chi connectivity index (χ3n) is 4.37. The number of benzene rings is 2. The van der Waals surface area contributed by atoms with E-state index >= 15 is 0 Å². The minimum atomic E-state index is -3.31. The van der Waals surface area contributed by atoms with Crippen molar-refractivity contribution >= 4 is 15.9 Å². The van der Waals surface area contributed by atoms with Crippen LogP contribution in [0.4, 0.5) is 0 Å². The first-order valence-electron chi connectivity index (χ1n) is 9.35. The number of pyridine rings is 1. The summed E-state index contributed by atoms with van der Waals surface area (Å²) in [6.45, 7) is 0.689. The Kier molecular flexibility index (Phi) is 7.16. The van der Waals surface area contributed by atoms with Gasteiger partial charge in [0, 0.05) is 24.4 Å². The van der Waals surface area contributed by atoms with Crippen LogP contribution in [0.25, 0.3) is 0 Å². The van der Waals surface area contributed by atoms with Gasteiger partial charge in [-0.3, -0.25) is 4.79 Å². The molecule has 30 heavy (non-hydrogen) atoms. The van der Waals surface area contributed by atoms with Crippen LogP contribution in [-0.4, -0.2) is 26.4 Å². The molecule has 0 aliphatic rings. The fourth-order valence-corrected chi connectivity index (χ4v) is 3.47. The topological polar surface area (TPSA) is 97.4 Å². The highest BCUT2D eigenvalue weighted by Crippen LogP contribution is 2.13. The number of nitrogens with zero attached hydrogens (tertiary/aromatic N) is 1. The predicted octanol–water partition coefficient (Wildman–Crippen LogP) is 2.64. The molecule has 0 saturated carbocycles. The van der Waals surface area contributed by atoms with Gasteiger partial charge in [0.1, 0.15) is 6.61 Å². The Morgan fingerprint density at radius 3 is 2.37 bits per heavy atom. The third kappa shape index (κ3) is 6.40. The number of nitrogens with one attached hydrogen (secondary N) is 2. The van der Waals surface area contributed by atoms with E-state index < -0.39 is 10.0 Å². The van der Waals surface area contributed by atoms with Crippen molar-refractivity contribution in [3.05, 3.63) is 95.2 Å². The first-order chi connectivity index (χ1) is 14.4. The molecule has 2 aromatic carbocycles. The zero-order valence-electron chi connectivity index (χ0n) is 16.5. The van der Waals surface area contributed by atoms with Gasteiger partial charge < -0.3 is 10.1 Å². The molecule has 1 aromatic heterocycles. The van der Waals surface area contributed by atoms with Crippen molar-refractivity contribution < 1.29 is 17.9 Å². The molecule has 0 fully saturated rings. The maximum absolute atomic E-state index is 12.5. The first kappa shape index (κ1) is 21.5. The highest BCUT2D eigenvalue weighted by molar-refractivity contribution is 7.88. The van der Waals surface area contributed by atoms with Gasteiger partial charge in [-0.05, 0) is 29.8 Å². The van der Waals surface area contributed by atoms with E-state index in [0.717, 1.165) is 11.1 Å². The Morgan fingerprint density at radius 1 is 0.967 bits per heavy atom. The molecule has 0 bridgehead atoms. The second-order valence-corrected chi connectivity index (χ2v) is 8.55. The number of ether oxygens (including phenoxy) is 1. The summed E-state index contributed by atoms with van der Waals surface area (Å²) in [6.07, 6.45) is 1.53. The van der Waals surface area contributed by atoms with E-state index in [1.807, 2.05) is 30.3 Å². The van der Waals surface area contributed by atoms with E-state index in [9.17, 15) is 13.2 Å². The van der Waals surface area contributed by atoms with Crippen LogP contribution in [0.1, 0.15) is 27.0 Å². The molecule has 8 heteroatoms. The minimum Gasteiger partial charge on any atom is -0.473 e. The molecule has 0 aliphatic carbocycles. The highest BCUT2D eigenvalue weighted by atomic mass is 32.2. The SMILES string of the molecule is CNS(=O)(=O)Cc1ccc(CNC(=O)c2ccnc(OCc3ccccc3)c2)cc1. The van der Waals surface area contributed by atoms with Crippen LogP contribution in [0.2, 0.25) is 0 Å². The molecular formula is C22H23N3O4S. The van der Waals surface area contributed by atoms with E-state index in [1.165, 1.54) is 13.2 Å². The Balaban J connectivity index is 1.54. The van der Waals surface area contributed by atoms with Gasteiger partial charge in [0.2, 0.25) is 15.9 Å². The van der Waals surface area contributed by atoms with Gasteiger partial charge >= 0.3 is 0 Å². The molecule has 1 amide bonds. The van der Waals surface area contributed by atoms with Gasteiger partial charge in [-0.1, -0.05) is 54.6 Å². The first-order valence-corrected chi connectivity index (χ1v) is 11.0. The van der Waals surface area contributed by atoms with Crippen molar-refractivity contribution in [1.82, 2.24) is 15.0 Å². The summed E-state index contributed by atoms with van der Waals surface area (Å²) in [7, 11) is -1.93. The average Bonchev–Trinajstić information content (AvgIpc) is 2.78. The van der Waals surface area contributed by atoms with Crippen molar-refractivity contribution in [1.29, 1.82) is 0 Å². The summed E-state index contributed by atoms with van der Waals surface area (Å²) in [6, 6.07) is 20.0. The van der Waals surface area contributed by atoms with Crippen LogP contribution >= 0.6 is 0 Å². The lowest BCUT2D eigenvalue weighted by molar-refractivity contribution is 0.0950. The Morgan fingerprint density at radius 2 is 1.67 bits per heavy atom.